The Bertz CT molecular complexity index is 1410. The van der Waals surface area contributed by atoms with Gasteiger partial charge in [-0.2, -0.15) is 4.37 Å². The second kappa shape index (κ2) is 10.1. The number of para-hydroxylation sites is 1. The van der Waals surface area contributed by atoms with Crippen LogP contribution >= 0.6 is 22.9 Å². The van der Waals surface area contributed by atoms with E-state index in [0.717, 1.165) is 27.3 Å². The van der Waals surface area contributed by atoms with Crippen molar-refractivity contribution in [1.82, 2.24) is 19.6 Å². The predicted octanol–water partition coefficient (Wildman–Crippen LogP) is 4.06. The van der Waals surface area contributed by atoms with Crippen LogP contribution in [-0.4, -0.2) is 37.5 Å². The molecule has 3 heterocycles. The molecule has 0 radical (unpaired) electrons. The summed E-state index contributed by atoms with van der Waals surface area (Å²) >= 11 is 2.27. The topological polar surface area (TPSA) is 147 Å². The van der Waals surface area contributed by atoms with E-state index in [4.69, 9.17) is 11.5 Å². The number of primary amides is 1. The molecule has 1 atom stereocenters. The summed E-state index contributed by atoms with van der Waals surface area (Å²) in [5.41, 5.74) is 12.3. The number of amides is 3. The molecule has 9 nitrogen and oxygen atoms in total. The first-order chi connectivity index (χ1) is 17.1. The molecule has 1 aromatic carbocycles. The van der Waals surface area contributed by atoms with Crippen LogP contribution in [0.15, 0.2) is 48.0 Å². The lowest BCUT2D eigenvalue weighted by Gasteiger charge is -2.34. The highest BCUT2D eigenvalue weighted by molar-refractivity contribution is 7.10. The van der Waals surface area contributed by atoms with Crippen molar-refractivity contribution in [2.24, 2.45) is 5.73 Å². The van der Waals surface area contributed by atoms with Crippen molar-refractivity contribution < 1.29 is 14.4 Å². The summed E-state index contributed by atoms with van der Waals surface area (Å²) in [4.78, 5) is 45.3. The zero-order valence-electron chi connectivity index (χ0n) is 20.2. The molecule has 4 rings (SSSR count). The number of nitrogens with two attached hydrogens (primary N) is 2. The lowest BCUT2D eigenvalue weighted by Crippen LogP contribution is -2.50. The van der Waals surface area contributed by atoms with Crippen LogP contribution in [0.4, 0.5) is 5.69 Å². The van der Waals surface area contributed by atoms with E-state index < -0.39 is 23.4 Å². The van der Waals surface area contributed by atoms with Gasteiger partial charge in [0.25, 0.3) is 11.8 Å². The Morgan fingerprint density at radius 2 is 1.94 bits per heavy atom. The average molecular weight is 525 g/mol. The monoisotopic (exact) mass is 524 g/mol. The number of thiophene rings is 1. The predicted molar refractivity (Wildman–Crippen MR) is 143 cm³/mol. The zero-order chi connectivity index (χ0) is 26.0. The second-order valence-corrected chi connectivity index (χ2v) is 10.9. The second-order valence-electron chi connectivity index (χ2n) is 9.07. The number of anilines is 1. The Balaban J connectivity index is 1.88. The van der Waals surface area contributed by atoms with Gasteiger partial charge in [0.2, 0.25) is 5.91 Å². The molecule has 0 saturated carbocycles. The van der Waals surface area contributed by atoms with Crippen LogP contribution < -0.4 is 16.8 Å². The fourth-order valence-corrected chi connectivity index (χ4v) is 5.34. The minimum Gasteiger partial charge on any atom is -0.395 e. The summed E-state index contributed by atoms with van der Waals surface area (Å²) in [6.07, 6.45) is 2.45. The fourth-order valence-electron chi connectivity index (χ4n) is 3.87. The van der Waals surface area contributed by atoms with Gasteiger partial charge >= 0.3 is 0 Å². The minimum absolute atomic E-state index is 0.0627. The van der Waals surface area contributed by atoms with Gasteiger partial charge in [-0.1, -0.05) is 31.2 Å². The maximum atomic E-state index is 14.0. The van der Waals surface area contributed by atoms with Crippen LogP contribution in [-0.2, 0) is 11.3 Å². The lowest BCUT2D eigenvalue weighted by molar-refractivity contribution is -0.127. The molecule has 0 aliphatic carbocycles. The van der Waals surface area contributed by atoms with E-state index in [0.29, 0.717) is 12.0 Å². The number of aromatic amines is 1. The summed E-state index contributed by atoms with van der Waals surface area (Å²) < 4.78 is 4.00. The van der Waals surface area contributed by atoms with Crippen molar-refractivity contribution in [3.05, 3.63) is 69.0 Å². The molecule has 0 fully saturated rings. The van der Waals surface area contributed by atoms with E-state index in [9.17, 15) is 14.4 Å². The molecule has 4 aromatic rings. The number of rotatable bonds is 9. The van der Waals surface area contributed by atoms with Gasteiger partial charge in [-0.05, 0) is 49.3 Å². The Labute approximate surface area is 216 Å². The number of nitrogen functional groups attached to an aromatic ring is 1. The number of hydrogen-bond donors (Lipinski definition) is 4. The minimum atomic E-state index is -0.986. The molecular formula is C25H28N6O3S2. The average Bonchev–Trinajstić information content (AvgIpc) is 3.58. The largest absolute Gasteiger partial charge is 0.395 e. The third kappa shape index (κ3) is 4.98. The maximum Gasteiger partial charge on any atom is 0.270 e. The van der Waals surface area contributed by atoms with Crippen LogP contribution in [0.3, 0.4) is 0 Å². The van der Waals surface area contributed by atoms with Gasteiger partial charge in [0, 0.05) is 33.1 Å². The van der Waals surface area contributed by atoms with Crippen LogP contribution in [0, 0.1) is 0 Å². The quantitative estimate of drug-likeness (QED) is 0.261. The third-order valence-corrected chi connectivity index (χ3v) is 7.86. The molecule has 36 heavy (non-hydrogen) atoms. The molecule has 3 amide bonds. The number of benzene rings is 1. The lowest BCUT2D eigenvalue weighted by atomic mass is 9.98. The highest BCUT2D eigenvalue weighted by Gasteiger charge is 2.37. The van der Waals surface area contributed by atoms with E-state index in [-0.39, 0.29) is 28.7 Å². The number of nitrogens with one attached hydrogen (secondary N) is 2. The summed E-state index contributed by atoms with van der Waals surface area (Å²) in [5, 5.41) is 5.84. The van der Waals surface area contributed by atoms with Crippen molar-refractivity contribution >= 4 is 57.2 Å². The molecule has 0 saturated heterocycles. The molecule has 0 unspecified atom stereocenters. The van der Waals surface area contributed by atoms with Gasteiger partial charge in [0.1, 0.15) is 10.9 Å². The van der Waals surface area contributed by atoms with Crippen molar-refractivity contribution in [2.45, 2.75) is 45.3 Å². The van der Waals surface area contributed by atoms with Crippen LogP contribution in [0.25, 0.3) is 10.9 Å². The highest BCUT2D eigenvalue weighted by atomic mass is 32.1. The number of H-pyrrole nitrogens is 1. The molecule has 6 N–H and O–H groups in total. The first kappa shape index (κ1) is 25.4. The summed E-state index contributed by atoms with van der Waals surface area (Å²) in [5.74, 6) is -1.65. The smallest absolute Gasteiger partial charge is 0.270 e. The van der Waals surface area contributed by atoms with Gasteiger partial charge in [-0.3, -0.25) is 14.4 Å². The van der Waals surface area contributed by atoms with E-state index in [1.165, 1.54) is 16.2 Å². The Morgan fingerprint density at radius 3 is 2.58 bits per heavy atom. The number of nitrogens with zero attached hydrogens (tertiary/aromatic N) is 2. The van der Waals surface area contributed by atoms with Crippen molar-refractivity contribution in [1.29, 1.82) is 0 Å². The Hall–Kier alpha value is -3.70. The summed E-state index contributed by atoms with van der Waals surface area (Å²) in [7, 11) is 0. The van der Waals surface area contributed by atoms with Crippen molar-refractivity contribution in [2.75, 3.05) is 5.73 Å². The van der Waals surface area contributed by atoms with Gasteiger partial charge in [0.15, 0.2) is 5.69 Å². The highest BCUT2D eigenvalue weighted by Crippen LogP contribution is 2.34. The molecule has 3 aromatic heterocycles. The van der Waals surface area contributed by atoms with E-state index in [2.05, 4.69) is 14.7 Å². The number of carbonyl (C=O) groups excluding carboxylic acids is 3. The van der Waals surface area contributed by atoms with Gasteiger partial charge in [0.05, 0.1) is 12.2 Å². The first-order valence-electron chi connectivity index (χ1n) is 11.4. The van der Waals surface area contributed by atoms with Crippen LogP contribution in [0.5, 0.6) is 0 Å². The zero-order valence-corrected chi connectivity index (χ0v) is 21.8. The molecule has 188 valence electrons. The molecular weight excluding hydrogens is 496 g/mol. The normalized spacial score (nSPS) is 12.4. The van der Waals surface area contributed by atoms with E-state index >= 15 is 0 Å². The number of fused-ring (bicyclic) bond motifs is 1. The SMILES string of the molecule is CCC(C)(C)NC(=O)[C@@H](c1c[nH]c2ccccc12)N(Cc1cccs1)C(=O)c1snc(C(N)=O)c1N. The first-order valence-corrected chi connectivity index (χ1v) is 13.0. The van der Waals surface area contributed by atoms with Gasteiger partial charge in [-0.15, -0.1) is 11.3 Å². The number of carbonyl (C=O) groups is 3. The number of hydrogen-bond acceptors (Lipinski definition) is 7. The maximum absolute atomic E-state index is 14.0. The Kier molecular flexibility index (Phi) is 7.14. The summed E-state index contributed by atoms with van der Waals surface area (Å²) in [6, 6.07) is 10.4. The Morgan fingerprint density at radius 1 is 1.19 bits per heavy atom. The van der Waals surface area contributed by atoms with E-state index in [1.54, 1.807) is 6.20 Å². The molecule has 0 spiro atoms. The standard InChI is InChI=1S/C25H28N6O3S2/c1-4-25(2,3)29-23(33)20(16-12-28-17-10-6-5-9-15(16)17)31(13-14-8-7-11-35-14)24(34)21-18(26)19(22(27)32)30-36-21/h5-12,20,28H,4,13,26H2,1-3H3,(H2,27,32)(H,29,33)/t20-/m1/s1. The molecule has 0 aliphatic rings. The van der Waals surface area contributed by atoms with Gasteiger partial charge in [-0.25, -0.2) is 0 Å². The van der Waals surface area contributed by atoms with Crippen LogP contribution in [0.2, 0.25) is 0 Å². The third-order valence-electron chi connectivity index (χ3n) is 6.14. The van der Waals surface area contributed by atoms with Gasteiger partial charge < -0.3 is 26.7 Å². The van der Waals surface area contributed by atoms with Crippen molar-refractivity contribution in [3.8, 4) is 0 Å². The van der Waals surface area contributed by atoms with Crippen molar-refractivity contribution in [3.63, 3.8) is 0 Å². The fraction of sp³-hybridized carbons (Fsp3) is 0.280. The molecule has 11 heteroatoms. The molecule has 0 aliphatic heterocycles. The molecule has 0 bridgehead atoms. The number of aromatic nitrogens is 2. The van der Waals surface area contributed by atoms with E-state index in [1.807, 2.05) is 62.5 Å². The summed E-state index contributed by atoms with van der Waals surface area (Å²) in [6.45, 7) is 6.01. The van der Waals surface area contributed by atoms with Crippen LogP contribution in [0.1, 0.15) is 63.8 Å².